The van der Waals surface area contributed by atoms with E-state index in [4.69, 9.17) is 5.26 Å². The second kappa shape index (κ2) is 12.4. The lowest BCUT2D eigenvalue weighted by molar-refractivity contribution is -0.122. The molecule has 2 amide bonds. The number of nitrogens with one attached hydrogen (secondary N) is 2. The first-order valence-electron chi connectivity index (χ1n) is 11.8. The molecule has 2 aromatic rings. The van der Waals surface area contributed by atoms with Crippen LogP contribution in [0.5, 0.6) is 0 Å². The van der Waals surface area contributed by atoms with Crippen LogP contribution in [0.4, 0.5) is 20.2 Å². The van der Waals surface area contributed by atoms with E-state index in [-0.39, 0.29) is 46.7 Å². The van der Waals surface area contributed by atoms with Crippen LogP contribution in [0.2, 0.25) is 0 Å². The van der Waals surface area contributed by atoms with Gasteiger partial charge in [0, 0.05) is 37.6 Å². The summed E-state index contributed by atoms with van der Waals surface area (Å²) in [4.78, 5) is 40.7. The number of carbonyl (C=O) groups excluding carboxylic acids is 2. The zero-order valence-electron chi connectivity index (χ0n) is 21.0. The fourth-order valence-electron chi connectivity index (χ4n) is 3.97. The molecule has 0 saturated carbocycles. The van der Waals surface area contributed by atoms with Gasteiger partial charge in [-0.2, -0.15) is 10.5 Å². The molecule has 1 aromatic heterocycles. The summed E-state index contributed by atoms with van der Waals surface area (Å²) in [6.45, 7) is 1.54. The Morgan fingerprint density at radius 2 is 2.08 bits per heavy atom. The highest BCUT2D eigenvalue weighted by Gasteiger charge is 2.36. The summed E-state index contributed by atoms with van der Waals surface area (Å²) in [7, 11) is 1.56. The Kier molecular flexibility index (Phi) is 9.34. The molecule has 1 fully saturated rings. The highest BCUT2D eigenvalue weighted by atomic mass is 32.1. The lowest BCUT2D eigenvalue weighted by atomic mass is 10.1. The molecule has 1 aliphatic rings. The van der Waals surface area contributed by atoms with Gasteiger partial charge in [-0.1, -0.05) is 6.07 Å². The molecule has 0 radical (unpaired) electrons. The number of halogens is 2. The summed E-state index contributed by atoms with van der Waals surface area (Å²) >= 11 is 0.957. The number of rotatable bonds is 8. The monoisotopic (exact) mass is 543 g/mol. The molecule has 0 spiro atoms. The van der Waals surface area contributed by atoms with Crippen molar-refractivity contribution >= 4 is 46.3 Å². The number of likely N-dealkylation sites (tertiary alicyclic amines) is 1. The van der Waals surface area contributed by atoms with Crippen molar-refractivity contribution in [1.29, 1.82) is 10.5 Å². The Balaban J connectivity index is 1.82. The number of aromatic nitrogens is 1. The zero-order chi connectivity index (χ0) is 27.9. The van der Waals surface area contributed by atoms with Crippen molar-refractivity contribution < 1.29 is 18.4 Å². The number of carbonyl (C=O) groups is 2. The van der Waals surface area contributed by atoms with Crippen LogP contribution in [0.15, 0.2) is 29.1 Å². The first kappa shape index (κ1) is 28.5. The van der Waals surface area contributed by atoms with E-state index >= 15 is 0 Å². The lowest BCUT2D eigenvalue weighted by Crippen LogP contribution is -2.47. The predicted molar refractivity (Wildman–Crippen MR) is 140 cm³/mol. The third-order valence-electron chi connectivity index (χ3n) is 5.91. The van der Waals surface area contributed by atoms with E-state index in [0.29, 0.717) is 24.3 Å². The molecule has 200 valence electrons. The molecule has 10 nitrogen and oxygen atoms in total. The Morgan fingerprint density at radius 1 is 1.32 bits per heavy atom. The topological polar surface area (TPSA) is 134 Å². The second-order valence-corrected chi connectivity index (χ2v) is 9.64. The summed E-state index contributed by atoms with van der Waals surface area (Å²) in [5.74, 6) is -3.86. The van der Waals surface area contributed by atoms with Crippen LogP contribution in [0.25, 0.3) is 11.8 Å². The molecule has 2 heterocycles. The molecule has 0 atom stereocenters. The third-order valence-corrected chi connectivity index (χ3v) is 7.04. The van der Waals surface area contributed by atoms with E-state index in [1.807, 2.05) is 6.07 Å². The van der Waals surface area contributed by atoms with Gasteiger partial charge in [0.25, 0.3) is 17.4 Å². The number of benzene rings is 1. The van der Waals surface area contributed by atoms with Gasteiger partial charge in [-0.25, -0.2) is 8.78 Å². The summed E-state index contributed by atoms with van der Waals surface area (Å²) in [5, 5.41) is 23.5. The van der Waals surface area contributed by atoms with E-state index < -0.39 is 23.9 Å². The maximum Gasteiger partial charge on any atom is 0.270 e. The first-order valence-corrected chi connectivity index (χ1v) is 12.6. The quantitative estimate of drug-likeness (QED) is 0.470. The average molecular weight is 544 g/mol. The Morgan fingerprint density at radius 3 is 2.74 bits per heavy atom. The van der Waals surface area contributed by atoms with Crippen molar-refractivity contribution in [2.75, 3.05) is 43.4 Å². The molecule has 38 heavy (non-hydrogen) atoms. The van der Waals surface area contributed by atoms with Crippen molar-refractivity contribution in [2.45, 2.75) is 32.2 Å². The van der Waals surface area contributed by atoms with Crippen molar-refractivity contribution in [1.82, 2.24) is 14.8 Å². The normalized spacial score (nSPS) is 16.2. The number of amides is 2. The van der Waals surface area contributed by atoms with E-state index in [1.54, 1.807) is 44.3 Å². The Bertz CT molecular complexity index is 1470. The van der Waals surface area contributed by atoms with E-state index in [1.165, 1.54) is 20.6 Å². The standard InChI is InChI=1S/C25H27F2N7O3S/c1-3-34-23(37)20(38-24(34)19(13-29)22(36)30-10-9-28)14-31-17-6-4-7-18(12-17)32(2)21(35)15-33-11-5-8-25(26,27)16-33/h4,6-7,12,14,31H,3,5,8,10-11,15-16H2,1-2H3,(H,30,36). The molecule has 3 rings (SSSR count). The summed E-state index contributed by atoms with van der Waals surface area (Å²) in [5.41, 5.74) is 0.421. The van der Waals surface area contributed by atoms with Gasteiger partial charge in [-0.3, -0.25) is 23.9 Å². The smallest absolute Gasteiger partial charge is 0.270 e. The minimum absolute atomic E-state index is 0.121. The average Bonchev–Trinajstić information content (AvgIpc) is 3.20. The van der Waals surface area contributed by atoms with Crippen LogP contribution in [0, 0.1) is 22.7 Å². The first-order chi connectivity index (χ1) is 18.1. The fraction of sp³-hybridized carbons (Fsp3) is 0.400. The fourth-order valence-corrected chi connectivity index (χ4v) is 5.06. The summed E-state index contributed by atoms with van der Waals surface area (Å²) in [6.07, 6.45) is 1.61. The molecule has 0 unspecified atom stereocenters. The molecule has 2 N–H and O–H groups in total. The number of nitriles is 2. The number of alkyl halides is 2. The van der Waals surface area contributed by atoms with Crippen LogP contribution in [0.3, 0.4) is 0 Å². The number of likely N-dealkylation sites (N-methyl/N-ethyl adjacent to an activating group) is 1. The van der Waals surface area contributed by atoms with Crippen molar-refractivity contribution in [3.63, 3.8) is 0 Å². The second-order valence-electron chi connectivity index (χ2n) is 8.61. The Hall–Kier alpha value is -4.07. The van der Waals surface area contributed by atoms with Gasteiger partial charge in [-0.15, -0.1) is 11.3 Å². The number of hydrogen-bond acceptors (Lipinski definition) is 8. The molecule has 1 saturated heterocycles. The number of nitrogens with zero attached hydrogens (tertiary/aromatic N) is 5. The molecular weight excluding hydrogens is 516 g/mol. The molecule has 0 bridgehead atoms. The van der Waals surface area contributed by atoms with Crippen LogP contribution in [-0.2, 0) is 16.1 Å². The van der Waals surface area contributed by atoms with Gasteiger partial charge in [0.15, 0.2) is 5.57 Å². The van der Waals surface area contributed by atoms with Crippen molar-refractivity contribution in [2.24, 2.45) is 0 Å². The molecule has 13 heteroatoms. The predicted octanol–water partition coefficient (Wildman–Crippen LogP) is 0.788. The Labute approximate surface area is 221 Å². The number of thiazole rings is 1. The third kappa shape index (κ3) is 6.82. The van der Waals surface area contributed by atoms with Crippen molar-refractivity contribution in [3.05, 3.63) is 43.8 Å². The minimum atomic E-state index is -2.79. The zero-order valence-corrected chi connectivity index (χ0v) is 21.8. The van der Waals surface area contributed by atoms with Crippen molar-refractivity contribution in [3.8, 4) is 12.1 Å². The maximum atomic E-state index is 13.7. The van der Waals surface area contributed by atoms with Gasteiger partial charge in [0.2, 0.25) is 5.91 Å². The largest absolute Gasteiger partial charge is 0.360 e. The van der Waals surface area contributed by atoms with E-state index in [0.717, 1.165) is 11.3 Å². The van der Waals surface area contributed by atoms with E-state index in [9.17, 15) is 28.4 Å². The van der Waals surface area contributed by atoms with E-state index in [2.05, 4.69) is 10.6 Å². The van der Waals surface area contributed by atoms with Crippen LogP contribution < -0.4 is 30.3 Å². The van der Waals surface area contributed by atoms with Crippen LogP contribution in [0.1, 0.15) is 19.8 Å². The van der Waals surface area contributed by atoms with Gasteiger partial charge >= 0.3 is 0 Å². The molecule has 0 aliphatic carbocycles. The summed E-state index contributed by atoms with van der Waals surface area (Å²) < 4.78 is 29.1. The molecule has 1 aliphatic heterocycles. The minimum Gasteiger partial charge on any atom is -0.360 e. The van der Waals surface area contributed by atoms with Gasteiger partial charge in [-0.05, 0) is 38.1 Å². The highest BCUT2D eigenvalue weighted by molar-refractivity contribution is 7.07. The lowest BCUT2D eigenvalue weighted by Gasteiger charge is -2.32. The van der Waals surface area contributed by atoms with Gasteiger partial charge < -0.3 is 15.5 Å². The number of piperidine rings is 1. The molecule has 1 aromatic carbocycles. The SMILES string of the molecule is CCn1c(=C(C#N)C(=O)NCC#N)sc(=CNc2cccc(N(C)C(=O)CN3CCCC(F)(F)C3)c2)c1=O. The number of hydrogen-bond donors (Lipinski definition) is 2. The van der Waals surface area contributed by atoms with Gasteiger partial charge in [0.1, 0.15) is 21.8 Å². The highest BCUT2D eigenvalue weighted by Crippen LogP contribution is 2.26. The molecular formula is C25H27F2N7O3S. The van der Waals surface area contributed by atoms with Gasteiger partial charge in [0.05, 0.1) is 19.2 Å². The number of anilines is 2. The summed E-state index contributed by atoms with van der Waals surface area (Å²) in [6, 6.07) is 10.4. The maximum absolute atomic E-state index is 13.7. The van der Waals surface area contributed by atoms with Crippen LogP contribution in [-0.4, -0.2) is 60.4 Å². The van der Waals surface area contributed by atoms with Crippen LogP contribution >= 0.6 is 11.3 Å².